The number of rotatable bonds is 5. The first kappa shape index (κ1) is 21.6. The lowest BCUT2D eigenvalue weighted by Crippen LogP contribution is -2.35. The summed E-state index contributed by atoms with van der Waals surface area (Å²) in [5.74, 6) is 1.05. The summed E-state index contributed by atoms with van der Waals surface area (Å²) in [4.78, 5) is 13.2. The van der Waals surface area contributed by atoms with E-state index in [1.54, 1.807) is 19.1 Å². The largest absolute Gasteiger partial charge is 0.486 e. The molecule has 1 atom stereocenters. The van der Waals surface area contributed by atoms with Crippen molar-refractivity contribution in [3.05, 3.63) is 53.1 Å². The number of benzene rings is 2. The number of amides is 1. The molecule has 0 saturated carbocycles. The molecule has 0 spiro atoms. The summed E-state index contributed by atoms with van der Waals surface area (Å²) in [6.07, 6.45) is 2.78. The van der Waals surface area contributed by atoms with Crippen molar-refractivity contribution in [2.24, 2.45) is 0 Å². The van der Waals surface area contributed by atoms with Gasteiger partial charge in [-0.3, -0.25) is 4.79 Å². The molecular formula is C23H28N2O5S. The van der Waals surface area contributed by atoms with E-state index in [-0.39, 0.29) is 16.8 Å². The quantitative estimate of drug-likeness (QED) is 0.764. The third-order valence-corrected chi connectivity index (χ3v) is 7.71. The summed E-state index contributed by atoms with van der Waals surface area (Å²) in [5, 5.41) is 2.97. The number of fused-ring (bicyclic) bond motifs is 1. The van der Waals surface area contributed by atoms with Crippen molar-refractivity contribution in [3.8, 4) is 11.5 Å². The highest BCUT2D eigenvalue weighted by Crippen LogP contribution is 2.32. The van der Waals surface area contributed by atoms with Crippen LogP contribution >= 0.6 is 0 Å². The Hall–Kier alpha value is -2.58. The maximum Gasteiger partial charge on any atom is 0.252 e. The number of sulfonamides is 1. The van der Waals surface area contributed by atoms with Crippen LogP contribution in [-0.4, -0.2) is 44.9 Å². The first-order valence-corrected chi connectivity index (χ1v) is 12.1. The number of carbonyl (C=O) groups excluding carboxylic acids is 1. The lowest BCUT2D eigenvalue weighted by atomic mass is 10.0. The fourth-order valence-corrected chi connectivity index (χ4v) is 5.49. The molecule has 2 heterocycles. The number of hydrogen-bond acceptors (Lipinski definition) is 5. The van der Waals surface area contributed by atoms with E-state index in [1.165, 1.54) is 10.4 Å². The second-order valence-corrected chi connectivity index (χ2v) is 9.98. The highest BCUT2D eigenvalue weighted by Gasteiger charge is 2.27. The standard InChI is InChI=1S/C23H28N2O5S/c1-16-6-8-19(31(27,28)25-10-4-3-5-11-25)15-20(16)23(26)24-17(2)18-7-9-21-22(14-18)30-13-12-29-21/h6-9,14-15,17H,3-5,10-13H2,1-2H3,(H,24,26). The average Bonchev–Trinajstić information content (AvgIpc) is 2.79. The third kappa shape index (κ3) is 4.55. The molecule has 0 radical (unpaired) electrons. The lowest BCUT2D eigenvalue weighted by molar-refractivity contribution is 0.0939. The molecule has 2 aliphatic rings. The zero-order valence-electron chi connectivity index (χ0n) is 17.9. The molecular weight excluding hydrogens is 416 g/mol. The van der Waals surface area contributed by atoms with E-state index < -0.39 is 10.0 Å². The summed E-state index contributed by atoms with van der Waals surface area (Å²) in [5.41, 5.74) is 1.97. The molecule has 1 unspecified atom stereocenters. The number of aryl methyl sites for hydroxylation is 1. The molecule has 7 nitrogen and oxygen atoms in total. The third-order valence-electron chi connectivity index (χ3n) is 5.82. The van der Waals surface area contributed by atoms with Gasteiger partial charge in [-0.2, -0.15) is 4.31 Å². The average molecular weight is 445 g/mol. The van der Waals surface area contributed by atoms with Crippen molar-refractivity contribution in [2.45, 2.75) is 44.0 Å². The minimum atomic E-state index is -3.60. The number of carbonyl (C=O) groups is 1. The van der Waals surface area contributed by atoms with Crippen LogP contribution in [0.4, 0.5) is 0 Å². The van der Waals surface area contributed by atoms with Crippen LogP contribution in [0.3, 0.4) is 0 Å². The Bertz CT molecular complexity index is 1080. The van der Waals surface area contributed by atoms with Crippen molar-refractivity contribution in [2.75, 3.05) is 26.3 Å². The minimum absolute atomic E-state index is 0.164. The molecule has 0 aromatic heterocycles. The molecule has 2 aromatic rings. The highest BCUT2D eigenvalue weighted by atomic mass is 32.2. The summed E-state index contributed by atoms with van der Waals surface area (Å²) in [7, 11) is -3.60. The maximum atomic E-state index is 13.0. The van der Waals surface area contributed by atoms with Crippen molar-refractivity contribution < 1.29 is 22.7 Å². The van der Waals surface area contributed by atoms with Crippen LogP contribution in [0.2, 0.25) is 0 Å². The van der Waals surface area contributed by atoms with Gasteiger partial charge in [-0.05, 0) is 62.1 Å². The van der Waals surface area contributed by atoms with Crippen LogP contribution in [0, 0.1) is 6.92 Å². The second-order valence-electron chi connectivity index (χ2n) is 8.04. The Kier molecular flexibility index (Phi) is 6.20. The fraction of sp³-hybridized carbons (Fsp3) is 0.435. The smallest absolute Gasteiger partial charge is 0.252 e. The zero-order chi connectivity index (χ0) is 22.0. The van der Waals surface area contributed by atoms with E-state index in [0.717, 1.165) is 30.4 Å². The van der Waals surface area contributed by atoms with Gasteiger partial charge in [0.15, 0.2) is 11.5 Å². The van der Waals surface area contributed by atoms with E-state index in [4.69, 9.17) is 9.47 Å². The summed E-state index contributed by atoms with van der Waals surface area (Å²) in [6, 6.07) is 10.1. The Morgan fingerprint density at radius 3 is 2.45 bits per heavy atom. The molecule has 0 bridgehead atoms. The molecule has 1 saturated heterocycles. The van der Waals surface area contributed by atoms with Gasteiger partial charge in [0.25, 0.3) is 5.91 Å². The molecule has 2 aromatic carbocycles. The van der Waals surface area contributed by atoms with Gasteiger partial charge >= 0.3 is 0 Å². The molecule has 1 amide bonds. The van der Waals surface area contributed by atoms with E-state index in [1.807, 2.05) is 25.1 Å². The maximum absolute atomic E-state index is 13.0. The van der Waals surface area contributed by atoms with Crippen LogP contribution in [-0.2, 0) is 10.0 Å². The number of nitrogens with one attached hydrogen (secondary N) is 1. The Labute approximate surface area is 183 Å². The van der Waals surface area contributed by atoms with Crippen molar-refractivity contribution in [3.63, 3.8) is 0 Å². The van der Waals surface area contributed by atoms with Crippen LogP contribution in [0.1, 0.15) is 53.7 Å². The summed E-state index contributed by atoms with van der Waals surface area (Å²) < 4.78 is 38.7. The van der Waals surface area contributed by atoms with Gasteiger partial charge in [0.2, 0.25) is 10.0 Å². The van der Waals surface area contributed by atoms with Gasteiger partial charge in [-0.25, -0.2) is 8.42 Å². The van der Waals surface area contributed by atoms with Crippen molar-refractivity contribution in [1.29, 1.82) is 0 Å². The number of hydrogen-bond donors (Lipinski definition) is 1. The highest BCUT2D eigenvalue weighted by molar-refractivity contribution is 7.89. The van der Waals surface area contributed by atoms with Gasteiger partial charge in [0.05, 0.1) is 10.9 Å². The Morgan fingerprint density at radius 2 is 1.71 bits per heavy atom. The molecule has 1 N–H and O–H groups in total. The molecule has 31 heavy (non-hydrogen) atoms. The van der Waals surface area contributed by atoms with Crippen LogP contribution < -0.4 is 14.8 Å². The first-order chi connectivity index (χ1) is 14.9. The minimum Gasteiger partial charge on any atom is -0.486 e. The number of ether oxygens (including phenoxy) is 2. The van der Waals surface area contributed by atoms with Crippen LogP contribution in [0.25, 0.3) is 0 Å². The molecule has 166 valence electrons. The lowest BCUT2D eigenvalue weighted by Gasteiger charge is -2.26. The first-order valence-electron chi connectivity index (χ1n) is 10.7. The molecule has 1 fully saturated rings. The van der Waals surface area contributed by atoms with Crippen LogP contribution in [0.5, 0.6) is 11.5 Å². The predicted octanol–water partition coefficient (Wildman–Crippen LogP) is 3.43. The molecule has 4 rings (SSSR count). The SMILES string of the molecule is Cc1ccc(S(=O)(=O)N2CCCCC2)cc1C(=O)NC(C)c1ccc2c(c1)OCCO2. The van der Waals surface area contributed by atoms with Gasteiger partial charge < -0.3 is 14.8 Å². The Balaban J connectivity index is 1.53. The molecule has 2 aliphatic heterocycles. The predicted molar refractivity (Wildman–Crippen MR) is 117 cm³/mol. The van der Waals surface area contributed by atoms with E-state index in [9.17, 15) is 13.2 Å². The zero-order valence-corrected chi connectivity index (χ0v) is 18.7. The fourth-order valence-electron chi connectivity index (χ4n) is 3.95. The Morgan fingerprint density at radius 1 is 1.00 bits per heavy atom. The topological polar surface area (TPSA) is 84.9 Å². The van der Waals surface area contributed by atoms with Crippen LogP contribution in [0.15, 0.2) is 41.3 Å². The summed E-state index contributed by atoms with van der Waals surface area (Å²) >= 11 is 0. The van der Waals surface area contributed by atoms with E-state index in [0.29, 0.717) is 43.4 Å². The van der Waals surface area contributed by atoms with Crippen molar-refractivity contribution in [1.82, 2.24) is 9.62 Å². The van der Waals surface area contributed by atoms with Gasteiger partial charge in [-0.15, -0.1) is 0 Å². The van der Waals surface area contributed by atoms with E-state index in [2.05, 4.69) is 5.32 Å². The monoisotopic (exact) mass is 444 g/mol. The normalized spacial score (nSPS) is 17.7. The molecule has 8 heteroatoms. The second kappa shape index (κ2) is 8.88. The van der Waals surface area contributed by atoms with Gasteiger partial charge in [0.1, 0.15) is 13.2 Å². The number of nitrogens with zero attached hydrogens (tertiary/aromatic N) is 1. The summed E-state index contributed by atoms with van der Waals surface area (Å²) in [6.45, 7) is 5.76. The van der Waals surface area contributed by atoms with Crippen molar-refractivity contribution >= 4 is 15.9 Å². The molecule has 0 aliphatic carbocycles. The van der Waals surface area contributed by atoms with E-state index >= 15 is 0 Å². The van der Waals surface area contributed by atoms with Gasteiger partial charge in [-0.1, -0.05) is 18.6 Å². The van der Waals surface area contributed by atoms with Gasteiger partial charge in [0, 0.05) is 18.7 Å². The number of piperidine rings is 1.